The van der Waals surface area contributed by atoms with Gasteiger partial charge in [0, 0.05) is 5.02 Å². The van der Waals surface area contributed by atoms with E-state index in [9.17, 15) is 0 Å². The third-order valence-corrected chi connectivity index (χ3v) is 3.81. The maximum atomic E-state index is 5.85. The highest BCUT2D eigenvalue weighted by Crippen LogP contribution is 2.33. The zero-order valence-electron chi connectivity index (χ0n) is 7.91. The van der Waals surface area contributed by atoms with Crippen LogP contribution in [0.2, 0.25) is 10.2 Å². The van der Waals surface area contributed by atoms with Crippen LogP contribution < -0.4 is 4.74 Å². The summed E-state index contributed by atoms with van der Waals surface area (Å²) in [4.78, 5) is 4.84. The molecule has 0 saturated carbocycles. The van der Waals surface area contributed by atoms with E-state index in [0.717, 1.165) is 4.88 Å². The van der Waals surface area contributed by atoms with E-state index in [1.807, 2.05) is 0 Å². The third-order valence-electron chi connectivity index (χ3n) is 1.77. The van der Waals surface area contributed by atoms with Gasteiger partial charge in [-0.3, -0.25) is 0 Å². The normalized spacial score (nSPS) is 10.4. The molecule has 0 atom stereocenters. The van der Waals surface area contributed by atoms with E-state index in [-0.39, 0.29) is 0 Å². The van der Waals surface area contributed by atoms with E-state index in [1.165, 1.54) is 11.3 Å². The van der Waals surface area contributed by atoms with Gasteiger partial charge in [-0.1, -0.05) is 34.5 Å². The second-order valence-electron chi connectivity index (χ2n) is 2.88. The standard InChI is InChI=1S/C10H6Cl3NOS/c11-5-8-9(13)14-10(16-8)15-7-3-1-6(12)2-4-7/h1-4H,5H2. The SMILES string of the molecule is ClCc1sc(Oc2ccc(Cl)cc2)nc1Cl. The Labute approximate surface area is 112 Å². The number of ether oxygens (including phenoxy) is 1. The molecule has 1 heterocycles. The number of alkyl halides is 1. The highest BCUT2D eigenvalue weighted by Gasteiger charge is 2.09. The first kappa shape index (κ1) is 12.0. The van der Waals surface area contributed by atoms with Gasteiger partial charge in [0.1, 0.15) is 10.9 Å². The number of hydrogen-bond donors (Lipinski definition) is 0. The quantitative estimate of drug-likeness (QED) is 0.745. The molecule has 16 heavy (non-hydrogen) atoms. The topological polar surface area (TPSA) is 22.1 Å². The number of halogens is 3. The number of hydrogen-bond acceptors (Lipinski definition) is 3. The average Bonchev–Trinajstić information content (AvgIpc) is 2.62. The molecule has 0 aliphatic rings. The molecule has 0 saturated heterocycles. The van der Waals surface area contributed by atoms with Crippen LogP contribution in [0.25, 0.3) is 0 Å². The van der Waals surface area contributed by atoms with E-state index in [2.05, 4.69) is 4.98 Å². The highest BCUT2D eigenvalue weighted by atomic mass is 35.5. The average molecular weight is 295 g/mol. The van der Waals surface area contributed by atoms with Crippen molar-refractivity contribution in [2.45, 2.75) is 5.88 Å². The fourth-order valence-electron chi connectivity index (χ4n) is 1.04. The van der Waals surface area contributed by atoms with Crippen molar-refractivity contribution in [1.29, 1.82) is 0 Å². The van der Waals surface area contributed by atoms with Gasteiger partial charge in [0.2, 0.25) is 0 Å². The maximum absolute atomic E-state index is 5.85. The molecule has 2 nitrogen and oxygen atoms in total. The zero-order valence-corrected chi connectivity index (χ0v) is 11.0. The molecule has 6 heteroatoms. The molecule has 0 unspecified atom stereocenters. The fraction of sp³-hybridized carbons (Fsp3) is 0.100. The van der Waals surface area contributed by atoms with Crippen molar-refractivity contribution in [2.75, 3.05) is 0 Å². The van der Waals surface area contributed by atoms with Crippen molar-refractivity contribution in [2.24, 2.45) is 0 Å². The third kappa shape index (κ3) is 2.80. The largest absolute Gasteiger partial charge is 0.431 e. The molecule has 0 aliphatic heterocycles. The zero-order chi connectivity index (χ0) is 11.5. The van der Waals surface area contributed by atoms with Crippen molar-refractivity contribution in [3.05, 3.63) is 39.3 Å². The lowest BCUT2D eigenvalue weighted by Crippen LogP contribution is -1.81. The number of thiazole rings is 1. The van der Waals surface area contributed by atoms with Crippen LogP contribution in [0.15, 0.2) is 24.3 Å². The number of nitrogens with zero attached hydrogens (tertiary/aromatic N) is 1. The van der Waals surface area contributed by atoms with Gasteiger partial charge in [-0.05, 0) is 24.3 Å². The smallest absolute Gasteiger partial charge is 0.280 e. The minimum absolute atomic E-state index is 0.334. The van der Waals surface area contributed by atoms with Crippen molar-refractivity contribution in [3.63, 3.8) is 0 Å². The lowest BCUT2D eigenvalue weighted by atomic mass is 10.3. The Morgan fingerprint density at radius 3 is 2.44 bits per heavy atom. The Morgan fingerprint density at radius 2 is 1.88 bits per heavy atom. The molecule has 1 aromatic heterocycles. The van der Waals surface area contributed by atoms with Crippen LogP contribution in [-0.2, 0) is 5.88 Å². The van der Waals surface area contributed by atoms with Gasteiger partial charge in [0.15, 0.2) is 0 Å². The van der Waals surface area contributed by atoms with Crippen molar-refractivity contribution >= 4 is 46.1 Å². The van der Waals surface area contributed by atoms with E-state index in [0.29, 0.717) is 27.0 Å². The second-order valence-corrected chi connectivity index (χ2v) is 4.99. The Hall–Kier alpha value is -0.480. The van der Waals surface area contributed by atoms with Crippen molar-refractivity contribution < 1.29 is 4.74 Å². The Balaban J connectivity index is 2.17. The first-order valence-electron chi connectivity index (χ1n) is 4.33. The monoisotopic (exact) mass is 293 g/mol. The number of rotatable bonds is 3. The lowest BCUT2D eigenvalue weighted by Gasteiger charge is -2.00. The van der Waals surface area contributed by atoms with Gasteiger partial charge in [-0.15, -0.1) is 11.6 Å². The van der Waals surface area contributed by atoms with E-state index in [4.69, 9.17) is 39.5 Å². The van der Waals surface area contributed by atoms with Crippen LogP contribution in [0.1, 0.15) is 4.88 Å². The summed E-state index contributed by atoms with van der Waals surface area (Å²) in [5.41, 5.74) is 0. The summed E-state index contributed by atoms with van der Waals surface area (Å²) in [6, 6.07) is 7.01. The summed E-state index contributed by atoms with van der Waals surface area (Å²) < 4.78 is 5.50. The predicted octanol–water partition coefficient (Wildman–Crippen LogP) is 4.98. The molecule has 0 aliphatic carbocycles. The molecule has 1 aromatic carbocycles. The van der Waals surface area contributed by atoms with Crippen LogP contribution in [0.4, 0.5) is 0 Å². The lowest BCUT2D eigenvalue weighted by molar-refractivity contribution is 0.479. The fourth-order valence-corrected chi connectivity index (χ4v) is 2.51. The van der Waals surface area contributed by atoms with E-state index in [1.54, 1.807) is 24.3 Å². The van der Waals surface area contributed by atoms with Gasteiger partial charge < -0.3 is 4.74 Å². The highest BCUT2D eigenvalue weighted by molar-refractivity contribution is 7.14. The van der Waals surface area contributed by atoms with Crippen molar-refractivity contribution in [3.8, 4) is 10.9 Å². The van der Waals surface area contributed by atoms with Gasteiger partial charge in [0.05, 0.1) is 10.8 Å². The predicted molar refractivity (Wildman–Crippen MR) is 68.2 cm³/mol. The van der Waals surface area contributed by atoms with E-state index >= 15 is 0 Å². The molecule has 0 radical (unpaired) electrons. The number of benzene rings is 1. The summed E-state index contributed by atoms with van der Waals surface area (Å²) in [5, 5.41) is 1.53. The Bertz CT molecular complexity index is 483. The van der Waals surface area contributed by atoms with Crippen LogP contribution in [0.5, 0.6) is 10.9 Å². The first-order chi connectivity index (χ1) is 7.69. The molecule has 0 amide bonds. The number of aromatic nitrogens is 1. The molecule has 0 fully saturated rings. The minimum Gasteiger partial charge on any atom is -0.431 e. The molecular weight excluding hydrogens is 289 g/mol. The van der Waals surface area contributed by atoms with Gasteiger partial charge in [0.25, 0.3) is 5.19 Å². The van der Waals surface area contributed by atoms with Crippen LogP contribution in [0, 0.1) is 0 Å². The van der Waals surface area contributed by atoms with Crippen LogP contribution in [-0.4, -0.2) is 4.98 Å². The molecule has 2 aromatic rings. The second kappa shape index (κ2) is 5.23. The molecule has 0 bridgehead atoms. The van der Waals surface area contributed by atoms with Crippen LogP contribution >= 0.6 is 46.1 Å². The molecule has 0 spiro atoms. The molecule has 2 rings (SSSR count). The maximum Gasteiger partial charge on any atom is 0.280 e. The Kier molecular flexibility index (Phi) is 3.92. The Morgan fingerprint density at radius 1 is 1.19 bits per heavy atom. The summed E-state index contributed by atoms with van der Waals surface area (Å²) in [6.45, 7) is 0. The molecule has 84 valence electrons. The minimum atomic E-state index is 0.334. The first-order valence-corrected chi connectivity index (χ1v) is 6.44. The van der Waals surface area contributed by atoms with E-state index < -0.39 is 0 Å². The molecule has 0 N–H and O–H groups in total. The summed E-state index contributed by atoms with van der Waals surface area (Å²) >= 11 is 18.6. The van der Waals surface area contributed by atoms with Gasteiger partial charge >= 0.3 is 0 Å². The van der Waals surface area contributed by atoms with Crippen LogP contribution in [0.3, 0.4) is 0 Å². The summed E-state index contributed by atoms with van der Waals surface area (Å²) in [6.07, 6.45) is 0. The summed E-state index contributed by atoms with van der Waals surface area (Å²) in [5.74, 6) is 0.997. The van der Waals surface area contributed by atoms with Crippen molar-refractivity contribution in [1.82, 2.24) is 4.98 Å². The van der Waals surface area contributed by atoms with Gasteiger partial charge in [-0.2, -0.15) is 4.98 Å². The molecular formula is C10H6Cl3NOS. The van der Waals surface area contributed by atoms with Gasteiger partial charge in [-0.25, -0.2) is 0 Å². The summed E-state index contributed by atoms with van der Waals surface area (Å²) in [7, 11) is 0.